The maximum Gasteiger partial charge on any atom is 0.190 e. The number of rotatable bonds is 5. The van der Waals surface area contributed by atoms with Crippen molar-refractivity contribution in [2.45, 2.75) is 57.5 Å². The Hall–Kier alpha value is -2.08. The van der Waals surface area contributed by atoms with E-state index in [-0.39, 0.29) is 11.5 Å². The summed E-state index contributed by atoms with van der Waals surface area (Å²) in [5.41, 5.74) is 0.0176. The van der Waals surface area contributed by atoms with Crippen LogP contribution in [0.1, 0.15) is 56.9 Å². The maximum absolute atomic E-state index is 14.9. The number of halogens is 4. The number of hydrogen-bond donors (Lipinski definition) is 0. The van der Waals surface area contributed by atoms with E-state index < -0.39 is 34.6 Å². The monoisotopic (exact) mass is 436 g/mol. The predicted octanol–water partition coefficient (Wildman–Crippen LogP) is 7.01. The topological polar surface area (TPSA) is 18.5 Å². The molecular weight excluding hydrogens is 408 g/mol. The van der Waals surface area contributed by atoms with Gasteiger partial charge < -0.3 is 9.47 Å². The molecule has 2 fully saturated rings. The molecule has 4 rings (SSSR count). The van der Waals surface area contributed by atoms with Gasteiger partial charge in [0.15, 0.2) is 17.4 Å². The molecule has 4 atom stereocenters. The summed E-state index contributed by atoms with van der Waals surface area (Å²) in [5, 5.41) is 0. The second kappa shape index (κ2) is 9.19. The van der Waals surface area contributed by atoms with Gasteiger partial charge in [0.25, 0.3) is 0 Å². The lowest BCUT2D eigenvalue weighted by Gasteiger charge is -2.42. The van der Waals surface area contributed by atoms with Crippen molar-refractivity contribution in [3.05, 3.63) is 53.1 Å². The molecule has 0 spiro atoms. The highest BCUT2D eigenvalue weighted by molar-refractivity contribution is 5.66. The van der Waals surface area contributed by atoms with Crippen LogP contribution >= 0.6 is 0 Å². The molecule has 6 heteroatoms. The van der Waals surface area contributed by atoms with E-state index in [0.29, 0.717) is 23.5 Å². The van der Waals surface area contributed by atoms with Crippen LogP contribution in [0, 0.1) is 35.1 Å². The Morgan fingerprint density at radius 1 is 0.806 bits per heavy atom. The van der Waals surface area contributed by atoms with E-state index in [1.54, 1.807) is 0 Å². The molecule has 0 aliphatic heterocycles. The van der Waals surface area contributed by atoms with Crippen LogP contribution in [0.3, 0.4) is 0 Å². The van der Waals surface area contributed by atoms with Gasteiger partial charge in [-0.25, -0.2) is 17.6 Å². The molecule has 4 unspecified atom stereocenters. The van der Waals surface area contributed by atoms with Crippen LogP contribution in [0.2, 0.25) is 0 Å². The molecule has 2 aromatic carbocycles. The Morgan fingerprint density at radius 3 is 2.03 bits per heavy atom. The second-order valence-corrected chi connectivity index (χ2v) is 8.75. The van der Waals surface area contributed by atoms with E-state index in [4.69, 9.17) is 4.74 Å². The number of ether oxygens (including phenoxy) is 2. The third kappa shape index (κ3) is 4.45. The van der Waals surface area contributed by atoms with Gasteiger partial charge in [-0.2, -0.15) is 0 Å². The Balaban J connectivity index is 1.55. The summed E-state index contributed by atoms with van der Waals surface area (Å²) in [4.78, 5) is 0. The molecule has 0 aromatic heterocycles. The first-order valence-electron chi connectivity index (χ1n) is 11.0. The summed E-state index contributed by atoms with van der Waals surface area (Å²) in [6.45, 7) is 2.75. The van der Waals surface area contributed by atoms with Crippen molar-refractivity contribution in [3.63, 3.8) is 0 Å². The summed E-state index contributed by atoms with van der Waals surface area (Å²) >= 11 is 0. The SMILES string of the molecule is CCOC1CCC2CC(c3cc(F)c(-c4cc(F)c(OC)c(F)c4)c(F)c3)CCC2C1. The van der Waals surface area contributed by atoms with Crippen LogP contribution in [0.25, 0.3) is 11.1 Å². The molecule has 2 aliphatic carbocycles. The van der Waals surface area contributed by atoms with Crippen molar-refractivity contribution in [1.29, 1.82) is 0 Å². The molecule has 168 valence electrons. The highest BCUT2D eigenvalue weighted by Gasteiger charge is 2.36. The van der Waals surface area contributed by atoms with E-state index in [1.807, 2.05) is 6.92 Å². The van der Waals surface area contributed by atoms with Gasteiger partial charge in [-0.1, -0.05) is 0 Å². The minimum absolute atomic E-state index is 0.0901. The Morgan fingerprint density at radius 2 is 1.42 bits per heavy atom. The van der Waals surface area contributed by atoms with Crippen molar-refractivity contribution in [1.82, 2.24) is 0 Å². The zero-order chi connectivity index (χ0) is 22.1. The van der Waals surface area contributed by atoms with Gasteiger partial charge in [0.05, 0.1) is 18.8 Å². The summed E-state index contributed by atoms with van der Waals surface area (Å²) in [7, 11) is 1.13. The lowest BCUT2D eigenvalue weighted by atomic mass is 9.65. The van der Waals surface area contributed by atoms with E-state index in [1.165, 1.54) is 12.1 Å². The second-order valence-electron chi connectivity index (χ2n) is 8.75. The van der Waals surface area contributed by atoms with Crippen LogP contribution in [0.15, 0.2) is 24.3 Å². The number of methoxy groups -OCH3 is 1. The van der Waals surface area contributed by atoms with Crippen LogP contribution in [-0.2, 0) is 4.74 Å². The Bertz CT molecular complexity index is 899. The fourth-order valence-corrected chi connectivity index (χ4v) is 5.54. The van der Waals surface area contributed by atoms with Crippen LogP contribution in [0.4, 0.5) is 17.6 Å². The smallest absolute Gasteiger partial charge is 0.190 e. The number of hydrogen-bond acceptors (Lipinski definition) is 2. The van der Waals surface area contributed by atoms with E-state index >= 15 is 0 Å². The normalized spacial score (nSPS) is 25.9. The van der Waals surface area contributed by atoms with E-state index in [0.717, 1.165) is 64.4 Å². The average Bonchev–Trinajstić information content (AvgIpc) is 2.73. The van der Waals surface area contributed by atoms with Gasteiger partial charge in [-0.3, -0.25) is 0 Å². The summed E-state index contributed by atoms with van der Waals surface area (Å²) < 4.78 is 68.4. The molecule has 2 nitrogen and oxygen atoms in total. The van der Waals surface area contributed by atoms with Gasteiger partial charge in [0, 0.05) is 6.61 Å². The van der Waals surface area contributed by atoms with Crippen molar-refractivity contribution in [2.75, 3.05) is 13.7 Å². The first-order chi connectivity index (χ1) is 14.9. The van der Waals surface area contributed by atoms with Crippen molar-refractivity contribution in [3.8, 4) is 16.9 Å². The molecule has 2 saturated carbocycles. The fourth-order valence-electron chi connectivity index (χ4n) is 5.54. The largest absolute Gasteiger partial charge is 0.491 e. The van der Waals surface area contributed by atoms with Crippen molar-refractivity contribution < 1.29 is 27.0 Å². The van der Waals surface area contributed by atoms with Gasteiger partial charge in [-0.15, -0.1) is 0 Å². The predicted molar refractivity (Wildman–Crippen MR) is 111 cm³/mol. The van der Waals surface area contributed by atoms with Gasteiger partial charge in [0.1, 0.15) is 11.6 Å². The maximum atomic E-state index is 14.9. The first-order valence-corrected chi connectivity index (χ1v) is 11.0. The summed E-state index contributed by atoms with van der Waals surface area (Å²) in [6, 6.07) is 4.45. The summed E-state index contributed by atoms with van der Waals surface area (Å²) in [6.07, 6.45) is 6.34. The molecule has 31 heavy (non-hydrogen) atoms. The zero-order valence-corrected chi connectivity index (χ0v) is 17.9. The van der Waals surface area contributed by atoms with E-state index in [9.17, 15) is 17.6 Å². The molecule has 2 aliphatic rings. The molecular formula is C25H28F4O2. The van der Waals surface area contributed by atoms with Crippen LogP contribution in [-0.4, -0.2) is 19.8 Å². The van der Waals surface area contributed by atoms with Crippen LogP contribution in [0.5, 0.6) is 5.75 Å². The molecule has 0 radical (unpaired) electrons. The van der Waals surface area contributed by atoms with E-state index in [2.05, 4.69) is 4.74 Å². The molecule has 0 bridgehead atoms. The lowest BCUT2D eigenvalue weighted by molar-refractivity contribution is -0.00957. The molecule has 2 aromatic rings. The molecule has 0 N–H and O–H groups in total. The molecule has 0 amide bonds. The molecule has 0 heterocycles. The highest BCUT2D eigenvalue weighted by Crippen LogP contribution is 2.47. The third-order valence-corrected chi connectivity index (χ3v) is 6.99. The minimum Gasteiger partial charge on any atom is -0.491 e. The lowest BCUT2D eigenvalue weighted by Crippen LogP contribution is -2.33. The Labute approximate surface area is 180 Å². The summed E-state index contributed by atoms with van der Waals surface area (Å²) in [5.74, 6) is -2.93. The highest BCUT2D eigenvalue weighted by atomic mass is 19.1. The number of benzene rings is 2. The fraction of sp³-hybridized carbons (Fsp3) is 0.520. The van der Waals surface area contributed by atoms with Crippen molar-refractivity contribution >= 4 is 0 Å². The van der Waals surface area contributed by atoms with Crippen LogP contribution < -0.4 is 4.74 Å². The minimum atomic E-state index is -0.999. The van der Waals surface area contributed by atoms with Gasteiger partial charge in [-0.05, 0) is 98.6 Å². The quantitative estimate of drug-likeness (QED) is 0.470. The average molecular weight is 436 g/mol. The third-order valence-electron chi connectivity index (χ3n) is 6.99. The van der Waals surface area contributed by atoms with Gasteiger partial charge >= 0.3 is 0 Å². The molecule has 0 saturated heterocycles. The standard InChI is InChI=1S/C25H28F4O2/c1-3-31-19-7-6-14-8-15(4-5-16(14)9-19)17-10-20(26)24(21(27)11-17)18-12-22(28)25(30-2)23(29)13-18/h10-16,19H,3-9H2,1-2H3. The van der Waals surface area contributed by atoms with Gasteiger partial charge in [0.2, 0.25) is 0 Å². The Kier molecular flexibility index (Phi) is 6.56. The number of fused-ring (bicyclic) bond motifs is 1. The van der Waals surface area contributed by atoms with Crippen molar-refractivity contribution in [2.24, 2.45) is 11.8 Å². The zero-order valence-electron chi connectivity index (χ0n) is 17.9. The first kappa shape index (κ1) is 22.1.